The van der Waals surface area contributed by atoms with Gasteiger partial charge in [0.2, 0.25) is 15.9 Å². The molecule has 0 heterocycles. The number of benzene rings is 2. The highest BCUT2D eigenvalue weighted by Crippen LogP contribution is 2.29. The topological polar surface area (TPSA) is 110 Å². The van der Waals surface area contributed by atoms with Crippen LogP contribution < -0.4 is 5.32 Å². The van der Waals surface area contributed by atoms with Crippen LogP contribution in [0.5, 0.6) is 0 Å². The van der Waals surface area contributed by atoms with Crippen LogP contribution in [0.3, 0.4) is 0 Å². The number of carbonyl (C=O) groups excluding carboxylic acids is 1. The van der Waals surface area contributed by atoms with Gasteiger partial charge < -0.3 is 5.32 Å². The van der Waals surface area contributed by atoms with Crippen molar-refractivity contribution in [2.24, 2.45) is 0 Å². The minimum Gasteiger partial charge on any atom is -0.324 e. The molecule has 2 aromatic carbocycles. The summed E-state index contributed by atoms with van der Waals surface area (Å²) in [5.41, 5.74) is 0.480. The maximum atomic E-state index is 13.4. The van der Waals surface area contributed by atoms with Crippen molar-refractivity contribution in [3.63, 3.8) is 0 Å². The first kappa shape index (κ1) is 23.2. The number of amides is 1. The molecule has 1 N–H and O–H groups in total. The van der Waals surface area contributed by atoms with E-state index in [1.165, 1.54) is 47.6 Å². The van der Waals surface area contributed by atoms with E-state index in [1.54, 1.807) is 6.07 Å². The van der Waals surface area contributed by atoms with Crippen molar-refractivity contribution < 1.29 is 18.1 Å². The molecule has 1 aliphatic carbocycles. The summed E-state index contributed by atoms with van der Waals surface area (Å²) in [6.07, 6.45) is 4.17. The van der Waals surface area contributed by atoms with E-state index in [-0.39, 0.29) is 28.9 Å². The average molecular weight is 466 g/mol. The lowest BCUT2D eigenvalue weighted by atomic mass is 9.95. The minimum atomic E-state index is -3.93. The molecule has 1 amide bonds. The van der Waals surface area contributed by atoms with E-state index >= 15 is 0 Å². The second-order valence-corrected chi connectivity index (χ2v) is 9.88. The lowest BCUT2D eigenvalue weighted by Crippen LogP contribution is -2.45. The highest BCUT2D eigenvalue weighted by atomic mass is 35.5. The Hall–Kier alpha value is -2.49. The quantitative estimate of drug-likeness (QED) is 0.477. The number of sulfonamides is 1. The van der Waals surface area contributed by atoms with Gasteiger partial charge in [0, 0.05) is 17.1 Å². The molecule has 1 saturated carbocycles. The SMILES string of the molecule is Cc1c(NC(=O)CN(C2CCCCC2)S(=O)(=O)c2ccc(Cl)cc2)cccc1[N+](=O)[O-]. The molecule has 0 spiro atoms. The maximum absolute atomic E-state index is 13.4. The van der Waals surface area contributed by atoms with E-state index in [2.05, 4.69) is 5.32 Å². The van der Waals surface area contributed by atoms with Crippen LogP contribution in [0.1, 0.15) is 37.7 Å². The summed E-state index contributed by atoms with van der Waals surface area (Å²) in [4.78, 5) is 23.5. The van der Waals surface area contributed by atoms with Gasteiger partial charge in [-0.25, -0.2) is 8.42 Å². The van der Waals surface area contributed by atoms with Gasteiger partial charge in [0.25, 0.3) is 5.69 Å². The Morgan fingerprint density at radius 3 is 2.42 bits per heavy atom. The van der Waals surface area contributed by atoms with Gasteiger partial charge in [0.05, 0.1) is 27.6 Å². The van der Waals surface area contributed by atoms with E-state index in [0.29, 0.717) is 23.4 Å². The van der Waals surface area contributed by atoms with Gasteiger partial charge in [-0.1, -0.05) is 36.9 Å². The largest absolute Gasteiger partial charge is 0.324 e. The molecule has 166 valence electrons. The molecule has 0 bridgehead atoms. The Morgan fingerprint density at radius 1 is 1.16 bits per heavy atom. The highest BCUT2D eigenvalue weighted by molar-refractivity contribution is 7.89. The first-order chi connectivity index (χ1) is 14.7. The fraction of sp³-hybridized carbons (Fsp3) is 0.381. The van der Waals surface area contributed by atoms with E-state index in [1.807, 2.05) is 0 Å². The van der Waals surface area contributed by atoms with Gasteiger partial charge in [0.1, 0.15) is 0 Å². The number of rotatable bonds is 7. The van der Waals surface area contributed by atoms with Crippen LogP contribution in [-0.2, 0) is 14.8 Å². The number of hydrogen-bond donors (Lipinski definition) is 1. The smallest absolute Gasteiger partial charge is 0.274 e. The third-order valence-electron chi connectivity index (χ3n) is 5.48. The molecule has 0 atom stereocenters. The van der Waals surface area contributed by atoms with E-state index in [9.17, 15) is 23.3 Å². The molecule has 3 rings (SSSR count). The molecule has 0 aliphatic heterocycles. The molecule has 0 saturated heterocycles. The third-order valence-corrected chi connectivity index (χ3v) is 7.64. The van der Waals surface area contributed by atoms with Crippen molar-refractivity contribution >= 4 is 38.9 Å². The summed E-state index contributed by atoms with van der Waals surface area (Å²) in [5, 5.41) is 14.2. The third kappa shape index (κ3) is 5.41. The molecule has 2 aromatic rings. The first-order valence-corrected chi connectivity index (χ1v) is 11.8. The van der Waals surface area contributed by atoms with Crippen LogP contribution >= 0.6 is 11.6 Å². The number of nitro benzene ring substituents is 1. The summed E-state index contributed by atoms with van der Waals surface area (Å²) in [6, 6.07) is 9.95. The van der Waals surface area contributed by atoms with Gasteiger partial charge in [-0.3, -0.25) is 14.9 Å². The zero-order valence-corrected chi connectivity index (χ0v) is 18.7. The molecule has 31 heavy (non-hydrogen) atoms. The normalized spacial score (nSPS) is 15.1. The summed E-state index contributed by atoms with van der Waals surface area (Å²) < 4.78 is 28.0. The number of hydrogen-bond acceptors (Lipinski definition) is 5. The van der Waals surface area contributed by atoms with Crippen LogP contribution in [-0.4, -0.2) is 36.1 Å². The van der Waals surface area contributed by atoms with Crippen molar-refractivity contribution in [1.29, 1.82) is 0 Å². The number of carbonyl (C=O) groups is 1. The summed E-state index contributed by atoms with van der Waals surface area (Å²) >= 11 is 5.89. The standard InChI is InChI=1S/C21H24ClN3O5S/c1-15-19(8-5-9-20(15)25(27)28)23-21(26)14-24(17-6-3-2-4-7-17)31(29,30)18-12-10-16(22)11-13-18/h5,8-13,17H,2-4,6-7,14H2,1H3,(H,23,26). The maximum Gasteiger partial charge on any atom is 0.274 e. The molecular formula is C21H24ClN3O5S. The highest BCUT2D eigenvalue weighted by Gasteiger charge is 2.34. The van der Waals surface area contributed by atoms with Gasteiger partial charge >= 0.3 is 0 Å². The van der Waals surface area contributed by atoms with Crippen LogP contribution in [0.25, 0.3) is 0 Å². The summed E-state index contributed by atoms with van der Waals surface area (Å²) in [7, 11) is -3.93. The predicted octanol–water partition coefficient (Wildman–Crippen LogP) is 4.52. The van der Waals surface area contributed by atoms with E-state index in [4.69, 9.17) is 11.6 Å². The minimum absolute atomic E-state index is 0.0711. The fourth-order valence-electron chi connectivity index (χ4n) is 3.81. The van der Waals surface area contributed by atoms with Gasteiger partial charge in [-0.2, -0.15) is 4.31 Å². The first-order valence-electron chi connectivity index (χ1n) is 10.0. The fourth-order valence-corrected chi connectivity index (χ4v) is 5.58. The Labute approximate surface area is 186 Å². The van der Waals surface area contributed by atoms with Crippen LogP contribution in [0, 0.1) is 17.0 Å². The van der Waals surface area contributed by atoms with Crippen LogP contribution in [0.4, 0.5) is 11.4 Å². The van der Waals surface area contributed by atoms with E-state index in [0.717, 1.165) is 19.3 Å². The van der Waals surface area contributed by atoms with Crippen molar-refractivity contribution in [3.8, 4) is 0 Å². The summed E-state index contributed by atoms with van der Waals surface area (Å²) in [5.74, 6) is -0.549. The molecule has 1 aliphatic rings. The van der Waals surface area contributed by atoms with Gasteiger partial charge in [-0.05, 0) is 50.1 Å². The van der Waals surface area contributed by atoms with Gasteiger partial charge in [-0.15, -0.1) is 0 Å². The zero-order valence-electron chi connectivity index (χ0n) is 17.1. The summed E-state index contributed by atoms with van der Waals surface area (Å²) in [6.45, 7) is 1.16. The molecule has 8 nitrogen and oxygen atoms in total. The number of anilines is 1. The second kappa shape index (κ2) is 9.76. The molecule has 10 heteroatoms. The molecule has 0 aromatic heterocycles. The molecule has 0 radical (unpaired) electrons. The molecular weight excluding hydrogens is 442 g/mol. The Balaban J connectivity index is 1.87. The number of nitrogens with zero attached hydrogens (tertiary/aromatic N) is 2. The van der Waals surface area contributed by atoms with Gasteiger partial charge in [0.15, 0.2) is 0 Å². The molecule has 1 fully saturated rings. The van der Waals surface area contributed by atoms with Crippen molar-refractivity contribution in [2.75, 3.05) is 11.9 Å². The van der Waals surface area contributed by atoms with Crippen molar-refractivity contribution in [3.05, 3.63) is 63.2 Å². The van der Waals surface area contributed by atoms with Crippen LogP contribution in [0.2, 0.25) is 5.02 Å². The van der Waals surface area contributed by atoms with Crippen molar-refractivity contribution in [1.82, 2.24) is 4.31 Å². The zero-order chi connectivity index (χ0) is 22.6. The Kier molecular flexibility index (Phi) is 7.30. The second-order valence-electron chi connectivity index (χ2n) is 7.55. The molecule has 0 unspecified atom stereocenters. The lowest BCUT2D eigenvalue weighted by Gasteiger charge is -2.33. The van der Waals surface area contributed by atoms with Crippen LogP contribution in [0.15, 0.2) is 47.4 Å². The Morgan fingerprint density at radius 2 is 1.81 bits per heavy atom. The number of nitrogens with one attached hydrogen (secondary N) is 1. The number of nitro groups is 1. The van der Waals surface area contributed by atoms with E-state index < -0.39 is 20.9 Å². The van der Waals surface area contributed by atoms with Crippen molar-refractivity contribution in [2.45, 2.75) is 50.0 Å². The monoisotopic (exact) mass is 465 g/mol. The Bertz CT molecular complexity index is 1070. The average Bonchev–Trinajstić information content (AvgIpc) is 2.74. The predicted molar refractivity (Wildman–Crippen MR) is 119 cm³/mol. The number of halogens is 1. The lowest BCUT2D eigenvalue weighted by molar-refractivity contribution is -0.385.